The minimum Gasteiger partial charge on any atom is -0.394 e. The third-order valence-corrected chi connectivity index (χ3v) is 3.76. The van der Waals surface area contributed by atoms with Crippen LogP contribution in [0.4, 0.5) is 4.79 Å². The molecular weight excluding hydrogens is 308 g/mol. The number of rotatable bonds is 2. The van der Waals surface area contributed by atoms with Gasteiger partial charge in [-0.15, -0.1) is 0 Å². The number of carbonyl (C=O) groups excluding carboxylic acids is 2. The molecule has 2 aliphatic rings. The van der Waals surface area contributed by atoms with Crippen molar-refractivity contribution < 1.29 is 24.5 Å². The van der Waals surface area contributed by atoms with Crippen LogP contribution >= 0.6 is 15.9 Å². The van der Waals surface area contributed by atoms with Gasteiger partial charge < -0.3 is 14.9 Å². The van der Waals surface area contributed by atoms with Gasteiger partial charge in [-0.2, -0.15) is 0 Å². The molecule has 18 heavy (non-hydrogen) atoms. The van der Waals surface area contributed by atoms with Crippen LogP contribution in [0.5, 0.6) is 0 Å². The van der Waals surface area contributed by atoms with E-state index in [4.69, 9.17) is 9.84 Å². The monoisotopic (exact) mass is 322 g/mol. The number of ether oxygens (including phenoxy) is 1. The lowest BCUT2D eigenvalue weighted by Crippen LogP contribution is -2.62. The van der Waals surface area contributed by atoms with Crippen LogP contribution in [0.25, 0.3) is 0 Å². The zero-order valence-electron chi connectivity index (χ0n) is 9.80. The Labute approximate surface area is 112 Å². The van der Waals surface area contributed by atoms with Gasteiger partial charge in [0.25, 0.3) is 0 Å². The van der Waals surface area contributed by atoms with Gasteiger partial charge in [0.2, 0.25) is 5.91 Å². The number of aliphatic hydroxyl groups excluding tert-OH is 2. The predicted molar refractivity (Wildman–Crippen MR) is 63.9 cm³/mol. The molecule has 0 aromatic heterocycles. The summed E-state index contributed by atoms with van der Waals surface area (Å²) in [5.41, 5.74) is 0. The fourth-order valence-electron chi connectivity index (χ4n) is 2.07. The Morgan fingerprint density at radius 1 is 1.61 bits per heavy atom. The number of hydrogen-bond acceptors (Lipinski definition) is 5. The van der Waals surface area contributed by atoms with E-state index < -0.39 is 34.7 Å². The summed E-state index contributed by atoms with van der Waals surface area (Å²) in [7, 11) is 0. The summed E-state index contributed by atoms with van der Waals surface area (Å²) in [5, 5.41) is 20.9. The van der Waals surface area contributed by atoms with Gasteiger partial charge in [0.1, 0.15) is 16.7 Å². The number of imide groups is 1. The Bertz CT molecular complexity index is 375. The number of aliphatic hydroxyl groups is 2. The maximum Gasteiger partial charge on any atom is 0.326 e. The van der Waals surface area contributed by atoms with Crippen LogP contribution in [-0.4, -0.2) is 63.0 Å². The summed E-state index contributed by atoms with van der Waals surface area (Å²) in [4.78, 5) is 24.6. The Morgan fingerprint density at radius 2 is 2.28 bits per heavy atom. The zero-order chi connectivity index (χ0) is 13.5. The van der Waals surface area contributed by atoms with E-state index >= 15 is 0 Å². The standard InChI is InChI=1S/C10H15BrN2O5/c1-10(11)4-13(9(17)12-8(10)16)7-2-5(15)6(3-14)18-7/h5-7,14-15H,2-4H2,1H3,(H,12,16,17)/t5-,6+,7+,10?/m0/s1. The Morgan fingerprint density at radius 3 is 2.83 bits per heavy atom. The molecule has 1 unspecified atom stereocenters. The molecular formula is C10H15BrN2O5. The fraction of sp³-hybridized carbons (Fsp3) is 0.800. The van der Waals surface area contributed by atoms with Crippen LogP contribution in [0.3, 0.4) is 0 Å². The van der Waals surface area contributed by atoms with Crippen LogP contribution < -0.4 is 5.32 Å². The molecule has 0 radical (unpaired) electrons. The summed E-state index contributed by atoms with van der Waals surface area (Å²) in [6.07, 6.45) is -1.92. The molecule has 4 atom stereocenters. The smallest absolute Gasteiger partial charge is 0.326 e. The highest BCUT2D eigenvalue weighted by molar-refractivity contribution is 9.10. The third kappa shape index (κ3) is 2.37. The normalized spacial score (nSPS) is 41.1. The van der Waals surface area contributed by atoms with Gasteiger partial charge in [-0.25, -0.2) is 4.79 Å². The van der Waals surface area contributed by atoms with Crippen LogP contribution in [-0.2, 0) is 9.53 Å². The van der Waals surface area contributed by atoms with Crippen LogP contribution in [0.2, 0.25) is 0 Å². The highest BCUT2D eigenvalue weighted by Crippen LogP contribution is 2.29. The SMILES string of the molecule is CC1(Br)CN([C@H]2C[C@H](O)[C@@H](CO)O2)C(=O)NC1=O. The van der Waals surface area contributed by atoms with Crippen molar-refractivity contribution in [2.45, 2.75) is 36.1 Å². The third-order valence-electron chi connectivity index (χ3n) is 3.15. The fourth-order valence-corrected chi connectivity index (χ4v) is 2.44. The van der Waals surface area contributed by atoms with Gasteiger partial charge in [0.05, 0.1) is 12.7 Å². The number of urea groups is 1. The molecule has 0 bridgehead atoms. The zero-order valence-corrected chi connectivity index (χ0v) is 11.4. The molecule has 0 spiro atoms. The summed E-state index contributed by atoms with van der Waals surface area (Å²) in [6, 6.07) is -0.548. The average molecular weight is 323 g/mol. The van der Waals surface area contributed by atoms with Gasteiger partial charge in [-0.3, -0.25) is 15.0 Å². The second-order valence-corrected chi connectivity index (χ2v) is 6.45. The molecule has 0 saturated carbocycles. The van der Waals surface area contributed by atoms with E-state index in [1.165, 1.54) is 4.90 Å². The maximum atomic E-state index is 11.7. The maximum absolute atomic E-state index is 11.7. The summed E-state index contributed by atoms with van der Waals surface area (Å²) < 4.78 is 4.51. The Hall–Kier alpha value is -0.700. The van der Waals surface area contributed by atoms with Crippen molar-refractivity contribution in [3.63, 3.8) is 0 Å². The number of alkyl halides is 1. The number of nitrogens with zero attached hydrogens (tertiary/aromatic N) is 1. The average Bonchev–Trinajstić information content (AvgIpc) is 2.65. The van der Waals surface area contributed by atoms with Gasteiger partial charge >= 0.3 is 6.03 Å². The van der Waals surface area contributed by atoms with Gasteiger partial charge in [-0.05, 0) is 6.92 Å². The molecule has 2 saturated heterocycles. The van der Waals surface area contributed by atoms with E-state index in [1.54, 1.807) is 6.92 Å². The lowest BCUT2D eigenvalue weighted by Gasteiger charge is -2.38. The first-order chi connectivity index (χ1) is 8.35. The van der Waals surface area contributed by atoms with Crippen LogP contribution in [0, 0.1) is 0 Å². The number of carbonyl (C=O) groups is 2. The quantitative estimate of drug-likeness (QED) is 0.576. The largest absolute Gasteiger partial charge is 0.394 e. The van der Waals surface area contributed by atoms with Crippen molar-refractivity contribution in [1.82, 2.24) is 10.2 Å². The second kappa shape index (κ2) is 4.76. The van der Waals surface area contributed by atoms with E-state index in [2.05, 4.69) is 21.2 Å². The van der Waals surface area contributed by atoms with E-state index in [0.29, 0.717) is 0 Å². The van der Waals surface area contributed by atoms with Gasteiger partial charge in [0, 0.05) is 13.0 Å². The number of amides is 3. The lowest BCUT2D eigenvalue weighted by atomic mass is 10.1. The summed E-state index contributed by atoms with van der Waals surface area (Å²) >= 11 is 3.25. The highest BCUT2D eigenvalue weighted by Gasteiger charge is 2.46. The molecule has 102 valence electrons. The molecule has 0 aliphatic carbocycles. The minimum absolute atomic E-state index is 0.146. The molecule has 2 aliphatic heterocycles. The van der Waals surface area contributed by atoms with Crippen molar-refractivity contribution in [3.8, 4) is 0 Å². The number of nitrogens with one attached hydrogen (secondary N) is 1. The van der Waals surface area contributed by atoms with E-state index in [0.717, 1.165) is 0 Å². The van der Waals surface area contributed by atoms with Crippen LogP contribution in [0.1, 0.15) is 13.3 Å². The highest BCUT2D eigenvalue weighted by atomic mass is 79.9. The van der Waals surface area contributed by atoms with E-state index in [9.17, 15) is 14.7 Å². The molecule has 3 N–H and O–H groups in total. The molecule has 0 aromatic carbocycles. The number of halogens is 1. The molecule has 0 aromatic rings. The summed E-state index contributed by atoms with van der Waals surface area (Å²) in [5.74, 6) is -0.402. The van der Waals surface area contributed by atoms with Crippen molar-refractivity contribution in [2.75, 3.05) is 13.2 Å². The Balaban J connectivity index is 2.10. The molecule has 2 heterocycles. The van der Waals surface area contributed by atoms with Crippen molar-refractivity contribution >= 4 is 27.9 Å². The summed E-state index contributed by atoms with van der Waals surface area (Å²) in [6.45, 7) is 1.49. The molecule has 3 amide bonds. The molecule has 2 rings (SSSR count). The first-order valence-corrected chi connectivity index (χ1v) is 6.40. The van der Waals surface area contributed by atoms with Crippen molar-refractivity contribution in [3.05, 3.63) is 0 Å². The molecule has 2 fully saturated rings. The molecule has 8 heteroatoms. The minimum atomic E-state index is -0.882. The van der Waals surface area contributed by atoms with Crippen LogP contribution in [0.15, 0.2) is 0 Å². The van der Waals surface area contributed by atoms with Gasteiger partial charge in [0.15, 0.2) is 0 Å². The topological polar surface area (TPSA) is 99.1 Å². The Kier molecular flexibility index (Phi) is 3.63. The molecule has 7 nitrogen and oxygen atoms in total. The van der Waals surface area contributed by atoms with E-state index in [-0.39, 0.29) is 19.6 Å². The first-order valence-electron chi connectivity index (χ1n) is 5.60. The van der Waals surface area contributed by atoms with Crippen molar-refractivity contribution in [1.29, 1.82) is 0 Å². The first kappa shape index (κ1) is 13.7. The second-order valence-electron chi connectivity index (χ2n) is 4.70. The van der Waals surface area contributed by atoms with E-state index in [1.807, 2.05) is 0 Å². The lowest BCUT2D eigenvalue weighted by molar-refractivity contribution is -0.126. The predicted octanol–water partition coefficient (Wildman–Crippen LogP) is -0.840. The number of hydrogen-bond donors (Lipinski definition) is 3. The van der Waals surface area contributed by atoms with Crippen molar-refractivity contribution in [2.24, 2.45) is 0 Å². The van der Waals surface area contributed by atoms with Gasteiger partial charge in [-0.1, -0.05) is 15.9 Å².